The van der Waals surface area contributed by atoms with Crippen LogP contribution in [0.25, 0.3) is 0 Å². The van der Waals surface area contributed by atoms with Gasteiger partial charge in [-0.3, -0.25) is 19.2 Å². The second kappa shape index (κ2) is 11.1. The van der Waals surface area contributed by atoms with Gasteiger partial charge in [0, 0.05) is 26.3 Å². The molecule has 1 saturated heterocycles. The Hall–Kier alpha value is -3.14. The Labute approximate surface area is 192 Å². The summed E-state index contributed by atoms with van der Waals surface area (Å²) in [5.41, 5.74) is 1.14. The van der Waals surface area contributed by atoms with Crippen molar-refractivity contribution in [1.29, 1.82) is 0 Å². The third-order valence-electron chi connectivity index (χ3n) is 5.29. The number of carbonyl (C=O) groups is 4. The summed E-state index contributed by atoms with van der Waals surface area (Å²) >= 11 is 0. The van der Waals surface area contributed by atoms with Crippen LogP contribution in [0.15, 0.2) is 18.2 Å². The first kappa shape index (κ1) is 26.1. The maximum Gasteiger partial charge on any atom is 0.312 e. The highest BCUT2D eigenvalue weighted by atomic mass is 16.6. The van der Waals surface area contributed by atoms with Gasteiger partial charge < -0.3 is 28.4 Å². The van der Waals surface area contributed by atoms with E-state index in [0.29, 0.717) is 16.9 Å². The first-order valence-corrected chi connectivity index (χ1v) is 10.4. The van der Waals surface area contributed by atoms with Gasteiger partial charge in [-0.05, 0) is 25.5 Å². The Morgan fingerprint density at radius 2 is 1.42 bits per heavy atom. The fourth-order valence-corrected chi connectivity index (χ4v) is 3.81. The zero-order valence-corrected chi connectivity index (χ0v) is 19.8. The van der Waals surface area contributed by atoms with Gasteiger partial charge in [0.15, 0.2) is 18.3 Å². The summed E-state index contributed by atoms with van der Waals surface area (Å²) < 4.78 is 32.7. The van der Waals surface area contributed by atoms with E-state index in [0.717, 1.165) is 0 Å². The monoisotopic (exact) mass is 466 g/mol. The number of benzene rings is 1. The third-order valence-corrected chi connectivity index (χ3v) is 5.29. The molecule has 0 aliphatic carbocycles. The van der Waals surface area contributed by atoms with Gasteiger partial charge in [-0.25, -0.2) is 0 Å². The molecule has 10 nitrogen and oxygen atoms in total. The molecule has 0 radical (unpaired) electrons. The van der Waals surface area contributed by atoms with Crippen molar-refractivity contribution in [3.63, 3.8) is 0 Å². The highest BCUT2D eigenvalue weighted by Crippen LogP contribution is 2.41. The number of esters is 4. The summed E-state index contributed by atoms with van der Waals surface area (Å²) in [6.07, 6.45) is -4.89. The van der Waals surface area contributed by atoms with Gasteiger partial charge in [0.05, 0.1) is 26.2 Å². The Bertz CT molecular complexity index is 895. The molecule has 1 aromatic carbocycles. The standard InChI is InChI=1S/C23H30O10/c1-11(23(27)29-7)16-8-9-17(18(10-16)28-6)20-22(33-15(5)26)21(32-14(4)25)19(12(2)30-20)31-13(3)24/h8-12,19-22H,1-7H3/t11?,12-,19+,20-,21+,22+/m0/s1. The molecular formula is C23H30O10. The van der Waals surface area contributed by atoms with Crippen molar-refractivity contribution in [2.45, 2.75) is 71.1 Å². The van der Waals surface area contributed by atoms with Gasteiger partial charge in [-0.15, -0.1) is 0 Å². The van der Waals surface area contributed by atoms with Crippen LogP contribution < -0.4 is 4.74 Å². The fourth-order valence-electron chi connectivity index (χ4n) is 3.81. The first-order chi connectivity index (χ1) is 15.5. The number of hydrogen-bond acceptors (Lipinski definition) is 10. The second-order valence-corrected chi connectivity index (χ2v) is 7.73. The van der Waals surface area contributed by atoms with Crippen molar-refractivity contribution in [3.8, 4) is 5.75 Å². The molecule has 2 rings (SSSR count). The van der Waals surface area contributed by atoms with Crippen LogP contribution in [-0.2, 0) is 42.9 Å². The maximum atomic E-state index is 11.9. The van der Waals surface area contributed by atoms with Crippen molar-refractivity contribution in [2.24, 2.45) is 0 Å². The second-order valence-electron chi connectivity index (χ2n) is 7.73. The van der Waals surface area contributed by atoms with Crippen LogP contribution >= 0.6 is 0 Å². The summed E-state index contributed by atoms with van der Waals surface area (Å²) in [6, 6.07) is 5.05. The van der Waals surface area contributed by atoms with E-state index < -0.39 is 60.3 Å². The van der Waals surface area contributed by atoms with Crippen molar-refractivity contribution in [1.82, 2.24) is 0 Å². The predicted molar refractivity (Wildman–Crippen MR) is 113 cm³/mol. The third kappa shape index (κ3) is 6.22. The lowest BCUT2D eigenvalue weighted by Crippen LogP contribution is -2.57. The maximum absolute atomic E-state index is 11.9. The molecule has 6 atom stereocenters. The molecule has 1 unspecified atom stereocenters. The minimum absolute atomic E-state index is 0.366. The van der Waals surface area contributed by atoms with Crippen LogP contribution in [0.1, 0.15) is 57.8 Å². The zero-order valence-electron chi connectivity index (χ0n) is 19.8. The molecule has 0 aromatic heterocycles. The molecule has 0 saturated carbocycles. The Kier molecular flexibility index (Phi) is 8.81. The number of methoxy groups -OCH3 is 2. The molecule has 33 heavy (non-hydrogen) atoms. The van der Waals surface area contributed by atoms with Crippen LogP contribution in [0.4, 0.5) is 0 Å². The lowest BCUT2D eigenvalue weighted by atomic mass is 9.89. The van der Waals surface area contributed by atoms with Gasteiger partial charge in [0.25, 0.3) is 0 Å². The molecular weight excluding hydrogens is 436 g/mol. The van der Waals surface area contributed by atoms with Gasteiger partial charge in [0.1, 0.15) is 11.9 Å². The zero-order chi connectivity index (χ0) is 24.9. The van der Waals surface area contributed by atoms with Crippen molar-refractivity contribution >= 4 is 23.9 Å². The molecule has 10 heteroatoms. The van der Waals surface area contributed by atoms with Crippen molar-refractivity contribution in [3.05, 3.63) is 29.3 Å². The van der Waals surface area contributed by atoms with Gasteiger partial charge >= 0.3 is 23.9 Å². The molecule has 1 aromatic rings. The van der Waals surface area contributed by atoms with E-state index in [9.17, 15) is 19.2 Å². The van der Waals surface area contributed by atoms with E-state index in [1.165, 1.54) is 35.0 Å². The quantitative estimate of drug-likeness (QED) is 0.436. The topological polar surface area (TPSA) is 124 Å². The van der Waals surface area contributed by atoms with Gasteiger partial charge in [-0.2, -0.15) is 0 Å². The summed E-state index contributed by atoms with van der Waals surface area (Å²) in [6.45, 7) is 6.98. The van der Waals surface area contributed by atoms with Crippen molar-refractivity contribution in [2.75, 3.05) is 14.2 Å². The minimum atomic E-state index is -1.13. The molecule has 1 aliphatic rings. The summed E-state index contributed by atoms with van der Waals surface area (Å²) in [5.74, 6) is -2.48. The Balaban J connectivity index is 2.56. The lowest BCUT2D eigenvalue weighted by molar-refractivity contribution is -0.245. The number of carbonyl (C=O) groups excluding carboxylic acids is 4. The predicted octanol–water partition coefficient (Wildman–Crippen LogP) is 2.23. The van der Waals surface area contributed by atoms with Crippen LogP contribution in [0.5, 0.6) is 5.75 Å². The van der Waals surface area contributed by atoms with Gasteiger partial charge in [0.2, 0.25) is 0 Å². The molecule has 0 spiro atoms. The number of hydrogen-bond donors (Lipinski definition) is 0. The summed E-state index contributed by atoms with van der Waals surface area (Å²) in [5, 5.41) is 0. The molecule has 0 bridgehead atoms. The Morgan fingerprint density at radius 1 is 0.879 bits per heavy atom. The van der Waals surface area contributed by atoms with E-state index >= 15 is 0 Å². The lowest BCUT2D eigenvalue weighted by Gasteiger charge is -2.44. The molecule has 182 valence electrons. The van der Waals surface area contributed by atoms with E-state index in [1.807, 2.05) is 0 Å². The van der Waals surface area contributed by atoms with Crippen LogP contribution in [-0.4, -0.2) is 62.5 Å². The van der Waals surface area contributed by atoms with Crippen LogP contribution in [0.3, 0.4) is 0 Å². The smallest absolute Gasteiger partial charge is 0.312 e. The number of rotatable bonds is 7. The molecule has 1 fully saturated rings. The van der Waals surface area contributed by atoms with Crippen LogP contribution in [0.2, 0.25) is 0 Å². The molecule has 0 amide bonds. The summed E-state index contributed by atoms with van der Waals surface area (Å²) in [4.78, 5) is 47.4. The van der Waals surface area contributed by atoms with E-state index in [-0.39, 0.29) is 0 Å². The highest BCUT2D eigenvalue weighted by Gasteiger charge is 2.51. The van der Waals surface area contributed by atoms with E-state index in [4.69, 9.17) is 28.4 Å². The molecule has 1 aliphatic heterocycles. The van der Waals surface area contributed by atoms with E-state index in [2.05, 4.69) is 0 Å². The highest BCUT2D eigenvalue weighted by molar-refractivity contribution is 5.77. The van der Waals surface area contributed by atoms with Crippen molar-refractivity contribution < 1.29 is 47.6 Å². The Morgan fingerprint density at radius 3 is 1.94 bits per heavy atom. The minimum Gasteiger partial charge on any atom is -0.496 e. The fraction of sp³-hybridized carbons (Fsp3) is 0.565. The van der Waals surface area contributed by atoms with E-state index in [1.54, 1.807) is 32.0 Å². The first-order valence-electron chi connectivity index (χ1n) is 10.4. The normalized spacial score (nSPS) is 25.4. The van der Waals surface area contributed by atoms with Crippen LogP contribution in [0, 0.1) is 0 Å². The largest absolute Gasteiger partial charge is 0.496 e. The average molecular weight is 466 g/mol. The summed E-state index contributed by atoms with van der Waals surface area (Å²) in [7, 11) is 2.75. The molecule has 1 heterocycles. The average Bonchev–Trinajstić information content (AvgIpc) is 2.75. The number of ether oxygens (including phenoxy) is 6. The SMILES string of the molecule is COC(=O)C(C)c1ccc([C@@H]2O[C@@H](C)[C@@H](OC(C)=O)[C@@H](OC(C)=O)[C@@H]2OC(C)=O)c(OC)c1. The molecule has 0 N–H and O–H groups in total. The van der Waals surface area contributed by atoms with Gasteiger partial charge in [-0.1, -0.05) is 12.1 Å².